The molecule has 0 aromatic carbocycles. The maximum atomic E-state index is 8.70. The van der Waals surface area contributed by atoms with Gasteiger partial charge in [-0.15, -0.1) is 0 Å². The molecule has 86 valence electrons. The van der Waals surface area contributed by atoms with Gasteiger partial charge in [0.1, 0.15) is 5.03 Å². The molecule has 2 heterocycles. The molecule has 0 saturated carbocycles. The van der Waals surface area contributed by atoms with E-state index in [2.05, 4.69) is 15.1 Å². The lowest BCUT2D eigenvalue weighted by atomic mass is 10.2. The summed E-state index contributed by atoms with van der Waals surface area (Å²) in [4.78, 5) is 9.00. The van der Waals surface area contributed by atoms with Crippen LogP contribution < -0.4 is 5.73 Å². The van der Waals surface area contributed by atoms with Crippen LogP contribution in [0.4, 0.5) is 0 Å². The van der Waals surface area contributed by atoms with Gasteiger partial charge < -0.3 is 10.9 Å². The number of pyridine rings is 2. The smallest absolute Gasteiger partial charge is 0.171 e. The normalized spacial score (nSPS) is 11.4. The molecule has 0 radical (unpaired) electrons. The van der Waals surface area contributed by atoms with E-state index in [1.54, 1.807) is 24.7 Å². The number of nitrogens with zero attached hydrogens (tertiary/aromatic N) is 3. The van der Waals surface area contributed by atoms with E-state index in [-0.39, 0.29) is 5.84 Å². The van der Waals surface area contributed by atoms with Crippen LogP contribution in [0, 0.1) is 0 Å². The van der Waals surface area contributed by atoms with Crippen LogP contribution in [0.3, 0.4) is 0 Å². The Morgan fingerprint density at radius 2 is 2.18 bits per heavy atom. The molecule has 3 N–H and O–H groups in total. The average Bonchev–Trinajstić information content (AvgIpc) is 2.40. The highest BCUT2D eigenvalue weighted by Crippen LogP contribution is 2.27. The van der Waals surface area contributed by atoms with Gasteiger partial charge in [0.2, 0.25) is 0 Å². The zero-order valence-electron chi connectivity index (χ0n) is 8.82. The van der Waals surface area contributed by atoms with Crippen molar-refractivity contribution in [2.75, 3.05) is 0 Å². The third-order valence-electron chi connectivity index (χ3n) is 2.02. The Balaban J connectivity index is 2.33. The maximum absolute atomic E-state index is 8.70. The average molecular weight is 246 g/mol. The van der Waals surface area contributed by atoms with Gasteiger partial charge in [0.05, 0.1) is 0 Å². The summed E-state index contributed by atoms with van der Waals surface area (Å²) in [6.45, 7) is 0. The molecule has 0 aliphatic rings. The topological polar surface area (TPSA) is 84.4 Å². The van der Waals surface area contributed by atoms with Gasteiger partial charge in [-0.25, -0.2) is 4.98 Å². The van der Waals surface area contributed by atoms with Gasteiger partial charge in [0, 0.05) is 29.0 Å². The van der Waals surface area contributed by atoms with Crippen LogP contribution >= 0.6 is 11.8 Å². The first kappa shape index (κ1) is 11.4. The molecule has 2 rings (SSSR count). The molecule has 17 heavy (non-hydrogen) atoms. The van der Waals surface area contributed by atoms with Crippen LogP contribution in [0.25, 0.3) is 0 Å². The summed E-state index contributed by atoms with van der Waals surface area (Å²) in [6.07, 6.45) is 4.96. The molecular weight excluding hydrogens is 236 g/mol. The monoisotopic (exact) mass is 246 g/mol. The van der Waals surface area contributed by atoms with Gasteiger partial charge in [-0.1, -0.05) is 23.0 Å². The summed E-state index contributed by atoms with van der Waals surface area (Å²) in [5, 5.41) is 12.5. The Kier molecular flexibility index (Phi) is 3.56. The molecule has 0 fully saturated rings. The minimum Gasteiger partial charge on any atom is -0.409 e. The van der Waals surface area contributed by atoms with Gasteiger partial charge in [-0.3, -0.25) is 4.98 Å². The summed E-state index contributed by atoms with van der Waals surface area (Å²) in [6, 6.07) is 7.32. The third-order valence-corrected chi connectivity index (χ3v) is 3.02. The Bertz CT molecular complexity index is 530. The van der Waals surface area contributed by atoms with Gasteiger partial charge in [-0.2, -0.15) is 0 Å². The summed E-state index contributed by atoms with van der Waals surface area (Å²) in [5.74, 6) is 0.0610. The van der Waals surface area contributed by atoms with Gasteiger partial charge in [-0.05, 0) is 18.2 Å². The molecule has 2 aromatic rings. The molecule has 0 bridgehead atoms. The number of hydrogen-bond acceptors (Lipinski definition) is 5. The Morgan fingerprint density at radius 1 is 1.29 bits per heavy atom. The van der Waals surface area contributed by atoms with Crippen molar-refractivity contribution in [3.05, 3.63) is 48.4 Å². The standard InChI is InChI=1S/C11H10N4OS/c12-11(15-16)8-4-6-13-7-9(8)17-10-3-1-2-5-14-10/h1-7,16H,(H2,12,15). The first-order valence-electron chi connectivity index (χ1n) is 4.82. The van der Waals surface area contributed by atoms with Crippen molar-refractivity contribution in [2.45, 2.75) is 9.92 Å². The molecule has 0 unspecified atom stereocenters. The van der Waals surface area contributed by atoms with E-state index in [1.165, 1.54) is 11.8 Å². The highest BCUT2D eigenvalue weighted by atomic mass is 32.2. The van der Waals surface area contributed by atoms with Crippen molar-refractivity contribution in [2.24, 2.45) is 10.9 Å². The second-order valence-electron chi connectivity index (χ2n) is 3.13. The van der Waals surface area contributed by atoms with Crippen LogP contribution in [-0.4, -0.2) is 21.0 Å². The fourth-order valence-corrected chi connectivity index (χ4v) is 2.13. The Labute approximate surface area is 102 Å². The minimum absolute atomic E-state index is 0.0610. The Morgan fingerprint density at radius 3 is 2.88 bits per heavy atom. The van der Waals surface area contributed by atoms with Crippen molar-refractivity contribution in [1.29, 1.82) is 0 Å². The number of aromatic nitrogens is 2. The van der Waals surface area contributed by atoms with Gasteiger partial charge in [0.15, 0.2) is 5.84 Å². The first-order chi connectivity index (χ1) is 8.31. The zero-order valence-corrected chi connectivity index (χ0v) is 9.63. The molecule has 0 amide bonds. The predicted octanol–water partition coefficient (Wildman–Crippen LogP) is 1.72. The predicted molar refractivity (Wildman–Crippen MR) is 65.1 cm³/mol. The summed E-state index contributed by atoms with van der Waals surface area (Å²) in [7, 11) is 0. The van der Waals surface area contributed by atoms with E-state index in [4.69, 9.17) is 10.9 Å². The minimum atomic E-state index is 0.0610. The van der Waals surface area contributed by atoms with Gasteiger partial charge in [0.25, 0.3) is 0 Å². The lowest BCUT2D eigenvalue weighted by Gasteiger charge is -2.05. The van der Waals surface area contributed by atoms with E-state index >= 15 is 0 Å². The zero-order chi connectivity index (χ0) is 12.1. The largest absolute Gasteiger partial charge is 0.409 e. The van der Waals surface area contributed by atoms with Crippen molar-refractivity contribution in [3.8, 4) is 0 Å². The summed E-state index contributed by atoms with van der Waals surface area (Å²) < 4.78 is 0. The van der Waals surface area contributed by atoms with Crippen molar-refractivity contribution in [3.63, 3.8) is 0 Å². The number of amidine groups is 1. The number of oxime groups is 1. The van der Waals surface area contributed by atoms with Crippen molar-refractivity contribution >= 4 is 17.6 Å². The maximum Gasteiger partial charge on any atom is 0.171 e. The fraction of sp³-hybridized carbons (Fsp3) is 0. The number of rotatable bonds is 3. The van der Waals surface area contributed by atoms with Gasteiger partial charge >= 0.3 is 0 Å². The highest BCUT2D eigenvalue weighted by Gasteiger charge is 2.08. The van der Waals surface area contributed by atoms with Crippen molar-refractivity contribution in [1.82, 2.24) is 9.97 Å². The first-order valence-corrected chi connectivity index (χ1v) is 5.63. The summed E-state index contributed by atoms with van der Waals surface area (Å²) >= 11 is 1.41. The van der Waals surface area contributed by atoms with Crippen LogP contribution in [-0.2, 0) is 0 Å². The fourth-order valence-electron chi connectivity index (χ4n) is 1.25. The number of nitrogens with two attached hydrogens (primary N) is 1. The second kappa shape index (κ2) is 5.31. The number of hydrogen-bond donors (Lipinski definition) is 2. The molecule has 0 atom stereocenters. The van der Waals surface area contributed by atoms with E-state index in [9.17, 15) is 0 Å². The molecule has 0 aliphatic carbocycles. The molecule has 0 saturated heterocycles. The molecule has 2 aromatic heterocycles. The van der Waals surface area contributed by atoms with E-state index < -0.39 is 0 Å². The quantitative estimate of drug-likeness (QED) is 0.373. The lowest BCUT2D eigenvalue weighted by Crippen LogP contribution is -2.14. The molecule has 0 aliphatic heterocycles. The second-order valence-corrected chi connectivity index (χ2v) is 4.19. The van der Waals surface area contributed by atoms with Crippen molar-refractivity contribution < 1.29 is 5.21 Å². The SMILES string of the molecule is N/C(=N\O)c1ccncc1Sc1ccccn1. The van der Waals surface area contributed by atoms with E-state index in [0.717, 1.165) is 9.92 Å². The molecular formula is C11H10N4OS. The van der Waals surface area contributed by atoms with E-state index in [0.29, 0.717) is 5.56 Å². The molecule has 5 nitrogen and oxygen atoms in total. The van der Waals surface area contributed by atoms with Crippen LogP contribution in [0.2, 0.25) is 0 Å². The highest BCUT2D eigenvalue weighted by molar-refractivity contribution is 7.99. The van der Waals surface area contributed by atoms with Crippen LogP contribution in [0.15, 0.2) is 57.9 Å². The van der Waals surface area contributed by atoms with Crippen LogP contribution in [0.5, 0.6) is 0 Å². The van der Waals surface area contributed by atoms with Crippen LogP contribution in [0.1, 0.15) is 5.56 Å². The summed E-state index contributed by atoms with van der Waals surface area (Å²) in [5.41, 5.74) is 6.22. The molecule has 0 spiro atoms. The Hall–Kier alpha value is -2.08. The van der Waals surface area contributed by atoms with E-state index in [1.807, 2.05) is 18.2 Å². The lowest BCUT2D eigenvalue weighted by molar-refractivity contribution is 0.318. The molecule has 6 heteroatoms. The third kappa shape index (κ3) is 2.73.